The molecular weight excluding hydrogens is 276 g/mol. The van der Waals surface area contributed by atoms with E-state index in [1.54, 1.807) is 12.1 Å². The number of carboxylic acids is 1. The van der Waals surface area contributed by atoms with Gasteiger partial charge in [-0.25, -0.2) is 9.78 Å². The molecule has 0 aliphatic heterocycles. The van der Waals surface area contributed by atoms with E-state index in [0.717, 1.165) is 12.8 Å². The summed E-state index contributed by atoms with van der Waals surface area (Å²) in [4.78, 5) is 26.1. The first-order valence-electron chi connectivity index (χ1n) is 4.78. The number of carbonyl (C=O) groups excluding carboxylic acids is 1. The highest BCUT2D eigenvalue weighted by Gasteiger charge is 2.29. The third-order valence-electron chi connectivity index (χ3n) is 2.25. The highest BCUT2D eigenvalue weighted by molar-refractivity contribution is 9.10. The summed E-state index contributed by atoms with van der Waals surface area (Å²) in [5.41, 5.74) is -0.103. The second-order valence-corrected chi connectivity index (χ2v) is 4.45. The molecule has 5 nitrogen and oxygen atoms in total. The van der Waals surface area contributed by atoms with E-state index in [2.05, 4.69) is 26.2 Å². The van der Waals surface area contributed by atoms with Gasteiger partial charge in [0.1, 0.15) is 5.82 Å². The summed E-state index contributed by atoms with van der Waals surface area (Å²) in [6.45, 7) is 0. The second-order valence-electron chi connectivity index (χ2n) is 3.60. The first-order valence-corrected chi connectivity index (χ1v) is 5.58. The van der Waals surface area contributed by atoms with Crippen molar-refractivity contribution >= 4 is 33.6 Å². The van der Waals surface area contributed by atoms with E-state index < -0.39 is 5.97 Å². The molecule has 0 saturated heterocycles. The molecule has 1 aliphatic rings. The average Bonchev–Trinajstić information content (AvgIpc) is 3.03. The smallest absolute Gasteiger partial charge is 0.355 e. The fraction of sp³-hybridized carbons (Fsp3) is 0.300. The van der Waals surface area contributed by atoms with Gasteiger partial charge in [-0.05, 0) is 40.9 Å². The van der Waals surface area contributed by atoms with E-state index >= 15 is 0 Å². The van der Waals surface area contributed by atoms with Gasteiger partial charge in [0.15, 0.2) is 5.69 Å². The Morgan fingerprint density at radius 2 is 2.12 bits per heavy atom. The van der Waals surface area contributed by atoms with Crippen LogP contribution in [0, 0.1) is 5.92 Å². The van der Waals surface area contributed by atoms with Gasteiger partial charge in [-0.15, -0.1) is 0 Å². The Morgan fingerprint density at radius 1 is 1.44 bits per heavy atom. The maximum atomic E-state index is 11.4. The molecule has 1 aliphatic carbocycles. The molecule has 0 aromatic carbocycles. The number of aromatic nitrogens is 1. The van der Waals surface area contributed by atoms with Crippen molar-refractivity contribution in [2.45, 2.75) is 12.8 Å². The SMILES string of the molecule is O=C(O)c1nc(NC(=O)C2CC2)ccc1Br. The van der Waals surface area contributed by atoms with E-state index in [0.29, 0.717) is 4.47 Å². The Morgan fingerprint density at radius 3 is 2.69 bits per heavy atom. The summed E-state index contributed by atoms with van der Waals surface area (Å²) in [5, 5.41) is 11.4. The number of carboxylic acid groups (broad SMARTS) is 1. The summed E-state index contributed by atoms with van der Waals surface area (Å²) in [5.74, 6) is -0.878. The molecule has 0 bridgehead atoms. The van der Waals surface area contributed by atoms with E-state index in [1.165, 1.54) is 0 Å². The van der Waals surface area contributed by atoms with Gasteiger partial charge < -0.3 is 10.4 Å². The van der Waals surface area contributed by atoms with Crippen LogP contribution >= 0.6 is 15.9 Å². The van der Waals surface area contributed by atoms with Crippen LogP contribution in [-0.2, 0) is 4.79 Å². The van der Waals surface area contributed by atoms with E-state index in [4.69, 9.17) is 5.11 Å². The lowest BCUT2D eigenvalue weighted by Crippen LogP contribution is -2.15. The van der Waals surface area contributed by atoms with Gasteiger partial charge in [-0.3, -0.25) is 4.79 Å². The summed E-state index contributed by atoms with van der Waals surface area (Å²) < 4.78 is 0.393. The molecule has 0 spiro atoms. The van der Waals surface area contributed by atoms with Gasteiger partial charge in [0.05, 0.1) is 4.47 Å². The van der Waals surface area contributed by atoms with Gasteiger partial charge in [0, 0.05) is 5.92 Å². The lowest BCUT2D eigenvalue weighted by Gasteiger charge is -2.05. The number of rotatable bonds is 3. The van der Waals surface area contributed by atoms with Gasteiger partial charge in [0.25, 0.3) is 0 Å². The fourth-order valence-electron chi connectivity index (χ4n) is 1.24. The van der Waals surface area contributed by atoms with Crippen LogP contribution in [0.25, 0.3) is 0 Å². The van der Waals surface area contributed by atoms with Gasteiger partial charge in [0.2, 0.25) is 5.91 Å². The number of hydrogen-bond donors (Lipinski definition) is 2. The van der Waals surface area contributed by atoms with Crippen molar-refractivity contribution < 1.29 is 14.7 Å². The Balaban J connectivity index is 2.18. The molecule has 6 heteroatoms. The number of nitrogens with zero attached hydrogens (tertiary/aromatic N) is 1. The monoisotopic (exact) mass is 284 g/mol. The lowest BCUT2D eigenvalue weighted by atomic mass is 10.3. The first kappa shape index (κ1) is 11.1. The zero-order valence-corrected chi connectivity index (χ0v) is 9.82. The molecule has 2 rings (SSSR count). The van der Waals surface area contributed by atoms with Crippen LogP contribution in [0.3, 0.4) is 0 Å². The van der Waals surface area contributed by atoms with Crippen molar-refractivity contribution in [3.63, 3.8) is 0 Å². The molecule has 0 unspecified atom stereocenters. The minimum Gasteiger partial charge on any atom is -0.476 e. The van der Waals surface area contributed by atoms with Gasteiger partial charge in [-0.1, -0.05) is 0 Å². The third kappa shape index (κ3) is 2.38. The van der Waals surface area contributed by atoms with Crippen molar-refractivity contribution in [2.24, 2.45) is 5.92 Å². The molecule has 2 N–H and O–H groups in total. The van der Waals surface area contributed by atoms with E-state index in [9.17, 15) is 9.59 Å². The van der Waals surface area contributed by atoms with Crippen LogP contribution in [0.2, 0.25) is 0 Å². The van der Waals surface area contributed by atoms with Crippen LogP contribution in [0.1, 0.15) is 23.3 Å². The van der Waals surface area contributed by atoms with Crippen molar-refractivity contribution in [3.05, 3.63) is 22.3 Å². The molecular formula is C10H9BrN2O3. The molecule has 1 saturated carbocycles. The largest absolute Gasteiger partial charge is 0.476 e. The van der Waals surface area contributed by atoms with Crippen molar-refractivity contribution in [1.82, 2.24) is 4.98 Å². The molecule has 1 amide bonds. The lowest BCUT2D eigenvalue weighted by molar-refractivity contribution is -0.117. The highest BCUT2D eigenvalue weighted by atomic mass is 79.9. The summed E-state index contributed by atoms with van der Waals surface area (Å²) in [7, 11) is 0. The molecule has 1 heterocycles. The number of anilines is 1. The maximum absolute atomic E-state index is 11.4. The molecule has 0 radical (unpaired) electrons. The first-order chi connectivity index (χ1) is 7.58. The number of aromatic carboxylic acids is 1. The summed E-state index contributed by atoms with van der Waals surface area (Å²) in [6.07, 6.45) is 1.79. The van der Waals surface area contributed by atoms with Gasteiger partial charge in [-0.2, -0.15) is 0 Å². The average molecular weight is 285 g/mol. The zero-order valence-electron chi connectivity index (χ0n) is 8.24. The quantitative estimate of drug-likeness (QED) is 0.888. The van der Waals surface area contributed by atoms with Crippen molar-refractivity contribution in [1.29, 1.82) is 0 Å². The molecule has 84 valence electrons. The predicted octanol–water partition coefficient (Wildman–Crippen LogP) is 1.89. The Kier molecular flexibility index (Phi) is 2.91. The number of hydrogen-bond acceptors (Lipinski definition) is 3. The minimum atomic E-state index is -1.13. The zero-order chi connectivity index (χ0) is 11.7. The Bertz CT molecular complexity index is 457. The Labute approximate surface area is 100 Å². The van der Waals surface area contributed by atoms with Gasteiger partial charge >= 0.3 is 5.97 Å². The predicted molar refractivity (Wildman–Crippen MR) is 60.3 cm³/mol. The topological polar surface area (TPSA) is 79.3 Å². The van der Waals surface area contributed by atoms with E-state index in [-0.39, 0.29) is 23.3 Å². The van der Waals surface area contributed by atoms with Crippen LogP contribution in [-0.4, -0.2) is 22.0 Å². The molecule has 16 heavy (non-hydrogen) atoms. The van der Waals surface area contributed by atoms with Crippen LogP contribution in [0.4, 0.5) is 5.82 Å². The standard InChI is InChI=1S/C10H9BrN2O3/c11-6-3-4-7(12-8(6)10(15)16)13-9(14)5-1-2-5/h3-5H,1-2H2,(H,15,16)(H,12,13,14). The fourth-order valence-corrected chi connectivity index (χ4v) is 1.63. The van der Waals surface area contributed by atoms with Crippen LogP contribution < -0.4 is 5.32 Å². The molecule has 1 fully saturated rings. The van der Waals surface area contributed by atoms with Crippen LogP contribution in [0.5, 0.6) is 0 Å². The minimum absolute atomic E-state index is 0.0683. The normalized spacial score (nSPS) is 14.6. The third-order valence-corrected chi connectivity index (χ3v) is 2.89. The number of carbonyl (C=O) groups is 2. The van der Waals surface area contributed by atoms with Crippen molar-refractivity contribution in [2.75, 3.05) is 5.32 Å². The number of halogens is 1. The Hall–Kier alpha value is -1.43. The summed E-state index contributed by atoms with van der Waals surface area (Å²) >= 11 is 3.08. The van der Waals surface area contributed by atoms with Crippen LogP contribution in [0.15, 0.2) is 16.6 Å². The number of nitrogens with one attached hydrogen (secondary N) is 1. The van der Waals surface area contributed by atoms with E-state index in [1.807, 2.05) is 0 Å². The highest BCUT2D eigenvalue weighted by Crippen LogP contribution is 2.30. The van der Waals surface area contributed by atoms with Crippen molar-refractivity contribution in [3.8, 4) is 0 Å². The molecule has 0 atom stereocenters. The molecule has 1 aromatic heterocycles. The molecule has 1 aromatic rings. The summed E-state index contributed by atoms with van der Waals surface area (Å²) in [6, 6.07) is 3.12. The number of amides is 1. The second kappa shape index (κ2) is 4.21. The number of pyridine rings is 1. The maximum Gasteiger partial charge on any atom is 0.355 e.